The Morgan fingerprint density at radius 3 is 3.28 bits per heavy atom. The molecule has 0 saturated carbocycles. The summed E-state index contributed by atoms with van der Waals surface area (Å²) < 4.78 is 5.17. The molecule has 0 radical (unpaired) electrons. The number of nitrogens with zero attached hydrogens (tertiary/aromatic N) is 3. The normalized spacial score (nSPS) is 26.2. The first-order valence-electron chi connectivity index (χ1n) is 6.47. The number of hydrogen-bond acceptors (Lipinski definition) is 4. The van der Waals surface area contributed by atoms with Crippen LogP contribution >= 0.6 is 0 Å². The zero-order chi connectivity index (χ0) is 11.9. The third kappa shape index (κ3) is 1.49. The highest BCUT2D eigenvalue weighted by Gasteiger charge is 2.40. The van der Waals surface area contributed by atoms with Crippen LogP contribution in [0.1, 0.15) is 35.7 Å². The molecule has 2 bridgehead atoms. The van der Waals surface area contributed by atoms with Crippen molar-refractivity contribution in [1.82, 2.24) is 14.9 Å². The summed E-state index contributed by atoms with van der Waals surface area (Å²) in [6.07, 6.45) is 10.8. The molecule has 0 amide bonds. The lowest BCUT2D eigenvalue weighted by Crippen LogP contribution is -2.37. The van der Waals surface area contributed by atoms with Crippen LogP contribution in [0.3, 0.4) is 0 Å². The van der Waals surface area contributed by atoms with Crippen molar-refractivity contribution in [2.24, 2.45) is 0 Å². The van der Waals surface area contributed by atoms with E-state index in [-0.39, 0.29) is 0 Å². The maximum Gasteiger partial charge on any atom is 0.115 e. The van der Waals surface area contributed by atoms with Crippen molar-refractivity contribution >= 4 is 0 Å². The first-order chi connectivity index (χ1) is 8.92. The molecule has 1 fully saturated rings. The Kier molecular flexibility index (Phi) is 2.23. The first kappa shape index (κ1) is 10.3. The van der Waals surface area contributed by atoms with Crippen molar-refractivity contribution < 1.29 is 4.42 Å². The summed E-state index contributed by atoms with van der Waals surface area (Å²) >= 11 is 0. The third-order valence-electron chi connectivity index (χ3n) is 4.20. The van der Waals surface area contributed by atoms with Crippen LogP contribution < -0.4 is 0 Å². The molecule has 92 valence electrons. The lowest BCUT2D eigenvalue weighted by Gasteiger charge is -2.35. The summed E-state index contributed by atoms with van der Waals surface area (Å²) in [4.78, 5) is 11.2. The molecular formula is C14H15N3O. The van der Waals surface area contributed by atoms with Crippen LogP contribution in [0.15, 0.2) is 35.5 Å². The Balaban J connectivity index is 1.67. The van der Waals surface area contributed by atoms with Gasteiger partial charge in [-0.2, -0.15) is 0 Å². The van der Waals surface area contributed by atoms with Gasteiger partial charge in [0.05, 0.1) is 18.2 Å². The van der Waals surface area contributed by atoms with Gasteiger partial charge in [-0.3, -0.25) is 4.90 Å². The monoisotopic (exact) mass is 241 g/mol. The average molecular weight is 241 g/mol. The van der Waals surface area contributed by atoms with E-state index < -0.39 is 0 Å². The predicted octanol–water partition coefficient (Wildman–Crippen LogP) is 2.33. The van der Waals surface area contributed by atoms with Crippen LogP contribution in [-0.2, 0) is 13.0 Å². The van der Waals surface area contributed by atoms with Crippen LogP contribution in [0.4, 0.5) is 0 Å². The van der Waals surface area contributed by atoms with Crippen LogP contribution in [0.2, 0.25) is 0 Å². The van der Waals surface area contributed by atoms with E-state index in [2.05, 4.69) is 20.9 Å². The molecule has 0 aromatic carbocycles. The van der Waals surface area contributed by atoms with E-state index in [0.29, 0.717) is 12.1 Å². The molecule has 2 unspecified atom stereocenters. The molecule has 0 N–H and O–H groups in total. The van der Waals surface area contributed by atoms with Gasteiger partial charge in [-0.25, -0.2) is 9.97 Å². The molecule has 2 aromatic rings. The molecule has 0 aliphatic carbocycles. The van der Waals surface area contributed by atoms with Crippen molar-refractivity contribution in [1.29, 1.82) is 0 Å². The number of furan rings is 1. The lowest BCUT2D eigenvalue weighted by atomic mass is 9.99. The van der Waals surface area contributed by atoms with Crippen molar-refractivity contribution in [3.05, 3.63) is 47.9 Å². The highest BCUT2D eigenvalue weighted by molar-refractivity contribution is 5.28. The van der Waals surface area contributed by atoms with Crippen LogP contribution in [-0.4, -0.2) is 20.9 Å². The van der Waals surface area contributed by atoms with Crippen LogP contribution in [0, 0.1) is 0 Å². The molecule has 4 heteroatoms. The number of fused-ring (bicyclic) bond motifs is 4. The van der Waals surface area contributed by atoms with E-state index in [1.165, 1.54) is 29.7 Å². The maximum absolute atomic E-state index is 5.17. The number of hydrogen-bond donors (Lipinski definition) is 0. The molecule has 18 heavy (non-hydrogen) atoms. The third-order valence-corrected chi connectivity index (χ3v) is 4.20. The van der Waals surface area contributed by atoms with E-state index in [4.69, 9.17) is 4.42 Å². The minimum Gasteiger partial charge on any atom is -0.472 e. The fourth-order valence-electron chi connectivity index (χ4n) is 3.36. The smallest absolute Gasteiger partial charge is 0.115 e. The molecule has 2 aliphatic rings. The highest BCUT2D eigenvalue weighted by atomic mass is 16.3. The average Bonchev–Trinajstić information content (AvgIpc) is 2.99. The van der Waals surface area contributed by atoms with Crippen LogP contribution in [0.25, 0.3) is 0 Å². The van der Waals surface area contributed by atoms with E-state index in [9.17, 15) is 0 Å². The summed E-state index contributed by atoms with van der Waals surface area (Å²) in [7, 11) is 0. The second-order valence-corrected chi connectivity index (χ2v) is 5.18. The summed E-state index contributed by atoms with van der Waals surface area (Å²) in [5.74, 6) is 0. The molecule has 2 atom stereocenters. The fourth-order valence-corrected chi connectivity index (χ4v) is 3.36. The largest absolute Gasteiger partial charge is 0.472 e. The van der Waals surface area contributed by atoms with Gasteiger partial charge in [0.2, 0.25) is 0 Å². The standard InChI is InChI=1S/C14H15N3O/c1-2-14-12-6-15-9-16-13(12)5-11(1)17(14)7-10-3-4-18-8-10/h3-4,6,8-9,11,14H,1-2,5,7H2. The number of rotatable bonds is 2. The second kappa shape index (κ2) is 3.92. The van der Waals surface area contributed by atoms with Gasteiger partial charge in [0.15, 0.2) is 0 Å². The molecule has 4 heterocycles. The van der Waals surface area contributed by atoms with Gasteiger partial charge in [-0.05, 0) is 18.9 Å². The Morgan fingerprint density at radius 2 is 2.39 bits per heavy atom. The minimum absolute atomic E-state index is 0.495. The fraction of sp³-hybridized carbons (Fsp3) is 0.429. The van der Waals surface area contributed by atoms with Crippen molar-refractivity contribution in [2.45, 2.75) is 37.9 Å². The van der Waals surface area contributed by atoms with Gasteiger partial charge in [0.1, 0.15) is 6.33 Å². The highest BCUT2D eigenvalue weighted by Crippen LogP contribution is 2.43. The molecule has 2 aliphatic heterocycles. The van der Waals surface area contributed by atoms with E-state index >= 15 is 0 Å². The van der Waals surface area contributed by atoms with Gasteiger partial charge in [0, 0.05) is 42.4 Å². The summed E-state index contributed by atoms with van der Waals surface area (Å²) in [6.45, 7) is 0.972. The van der Waals surface area contributed by atoms with E-state index in [1.54, 1.807) is 12.6 Å². The van der Waals surface area contributed by atoms with Crippen molar-refractivity contribution in [3.63, 3.8) is 0 Å². The van der Waals surface area contributed by atoms with Crippen molar-refractivity contribution in [2.75, 3.05) is 0 Å². The Labute approximate surface area is 106 Å². The number of aromatic nitrogens is 2. The SMILES string of the molecule is c1ncc2c(n1)CC1CCC2N1Cc1ccoc1. The summed E-state index contributed by atoms with van der Waals surface area (Å²) in [6, 6.07) is 3.18. The first-order valence-corrected chi connectivity index (χ1v) is 6.47. The second-order valence-electron chi connectivity index (χ2n) is 5.18. The van der Waals surface area contributed by atoms with E-state index in [0.717, 1.165) is 13.0 Å². The van der Waals surface area contributed by atoms with Gasteiger partial charge < -0.3 is 4.42 Å². The van der Waals surface area contributed by atoms with Gasteiger partial charge in [-0.15, -0.1) is 0 Å². The quantitative estimate of drug-likeness (QED) is 0.809. The molecule has 4 nitrogen and oxygen atoms in total. The van der Waals surface area contributed by atoms with E-state index in [1.807, 2.05) is 12.5 Å². The molecule has 2 aromatic heterocycles. The molecular weight excluding hydrogens is 226 g/mol. The van der Waals surface area contributed by atoms with Crippen molar-refractivity contribution in [3.8, 4) is 0 Å². The zero-order valence-electron chi connectivity index (χ0n) is 10.1. The topological polar surface area (TPSA) is 42.2 Å². The Hall–Kier alpha value is -1.68. The summed E-state index contributed by atoms with van der Waals surface area (Å²) in [5, 5.41) is 0. The summed E-state index contributed by atoms with van der Waals surface area (Å²) in [5.41, 5.74) is 3.84. The van der Waals surface area contributed by atoms with Gasteiger partial charge in [-0.1, -0.05) is 0 Å². The Bertz CT molecular complexity index is 552. The Morgan fingerprint density at radius 1 is 1.39 bits per heavy atom. The molecule has 1 saturated heterocycles. The maximum atomic E-state index is 5.17. The predicted molar refractivity (Wildman–Crippen MR) is 65.8 cm³/mol. The minimum atomic E-state index is 0.495. The van der Waals surface area contributed by atoms with Gasteiger partial charge in [0.25, 0.3) is 0 Å². The van der Waals surface area contributed by atoms with Crippen LogP contribution in [0.5, 0.6) is 0 Å². The molecule has 4 rings (SSSR count). The lowest BCUT2D eigenvalue weighted by molar-refractivity contribution is 0.166. The zero-order valence-corrected chi connectivity index (χ0v) is 10.1. The van der Waals surface area contributed by atoms with Gasteiger partial charge >= 0.3 is 0 Å². The molecule has 0 spiro atoms.